The molecule has 2 heterocycles. The van der Waals surface area contributed by atoms with Crippen LogP contribution in [0.3, 0.4) is 0 Å². The average molecular weight is 140 g/mol. The van der Waals surface area contributed by atoms with Crippen molar-refractivity contribution in [3.05, 3.63) is 0 Å². The minimum Gasteiger partial charge on any atom is -0.303 e. The second-order valence-corrected chi connectivity index (χ2v) is 3.71. The maximum Gasteiger partial charge on any atom is 0.0484 e. The molecule has 0 aromatic carbocycles. The molecule has 58 valence electrons. The van der Waals surface area contributed by atoms with E-state index in [9.17, 15) is 0 Å². The third-order valence-corrected chi connectivity index (χ3v) is 2.79. The zero-order valence-electron chi connectivity index (χ0n) is 6.64. The van der Waals surface area contributed by atoms with Crippen LogP contribution in [0.1, 0.15) is 19.8 Å². The molecule has 0 bridgehead atoms. The standard InChI is InChI=1S/C8H16N2/c1-7-2-3-10-6-9-5-8(10)4-7/h7-9H,2-6H2,1H3. The van der Waals surface area contributed by atoms with Crippen LogP contribution in [0.25, 0.3) is 0 Å². The molecule has 0 aliphatic carbocycles. The van der Waals surface area contributed by atoms with Crippen molar-refractivity contribution in [3.63, 3.8) is 0 Å². The van der Waals surface area contributed by atoms with Crippen LogP contribution < -0.4 is 5.32 Å². The van der Waals surface area contributed by atoms with Crippen LogP contribution in [-0.4, -0.2) is 30.7 Å². The highest BCUT2D eigenvalue weighted by atomic mass is 15.3. The summed E-state index contributed by atoms with van der Waals surface area (Å²) >= 11 is 0. The fourth-order valence-corrected chi connectivity index (χ4v) is 2.10. The van der Waals surface area contributed by atoms with E-state index in [1.165, 1.54) is 25.9 Å². The van der Waals surface area contributed by atoms with Gasteiger partial charge in [0.15, 0.2) is 0 Å². The van der Waals surface area contributed by atoms with Gasteiger partial charge in [0, 0.05) is 19.3 Å². The predicted octanol–water partition coefficient (Wildman–Crippen LogP) is 0.648. The Bertz CT molecular complexity index is 124. The van der Waals surface area contributed by atoms with Gasteiger partial charge in [0.1, 0.15) is 0 Å². The number of hydrogen-bond donors (Lipinski definition) is 1. The molecule has 2 heteroatoms. The Hall–Kier alpha value is -0.0800. The quantitative estimate of drug-likeness (QED) is 0.531. The van der Waals surface area contributed by atoms with Crippen molar-refractivity contribution >= 4 is 0 Å². The fraction of sp³-hybridized carbons (Fsp3) is 1.00. The summed E-state index contributed by atoms with van der Waals surface area (Å²) in [5.41, 5.74) is 0. The number of fused-ring (bicyclic) bond motifs is 1. The highest BCUT2D eigenvalue weighted by Crippen LogP contribution is 2.23. The normalized spacial score (nSPS) is 41.7. The van der Waals surface area contributed by atoms with Crippen LogP contribution in [0.4, 0.5) is 0 Å². The summed E-state index contributed by atoms with van der Waals surface area (Å²) in [4.78, 5) is 2.57. The lowest BCUT2D eigenvalue weighted by molar-refractivity contribution is 0.165. The zero-order valence-corrected chi connectivity index (χ0v) is 6.64. The molecule has 2 rings (SSSR count). The molecular weight excluding hydrogens is 124 g/mol. The molecule has 0 aromatic rings. The SMILES string of the molecule is CC1CCN2CNCC2C1. The summed E-state index contributed by atoms with van der Waals surface area (Å²) in [5.74, 6) is 0.959. The number of nitrogens with one attached hydrogen (secondary N) is 1. The minimum atomic E-state index is 0.865. The van der Waals surface area contributed by atoms with Gasteiger partial charge >= 0.3 is 0 Å². The second kappa shape index (κ2) is 2.51. The van der Waals surface area contributed by atoms with E-state index in [2.05, 4.69) is 17.1 Å². The first-order valence-electron chi connectivity index (χ1n) is 4.31. The van der Waals surface area contributed by atoms with Gasteiger partial charge in [-0.05, 0) is 25.3 Å². The number of rotatable bonds is 0. The summed E-state index contributed by atoms with van der Waals surface area (Å²) in [6, 6.07) is 0.865. The van der Waals surface area contributed by atoms with Crippen LogP contribution >= 0.6 is 0 Å². The van der Waals surface area contributed by atoms with Crippen LogP contribution in [-0.2, 0) is 0 Å². The van der Waals surface area contributed by atoms with E-state index in [4.69, 9.17) is 0 Å². The molecule has 1 N–H and O–H groups in total. The van der Waals surface area contributed by atoms with Crippen molar-refractivity contribution in [2.24, 2.45) is 5.92 Å². The molecular formula is C8H16N2. The van der Waals surface area contributed by atoms with Crippen molar-refractivity contribution in [3.8, 4) is 0 Å². The third kappa shape index (κ3) is 1.06. The van der Waals surface area contributed by atoms with E-state index in [-0.39, 0.29) is 0 Å². The molecule has 0 saturated carbocycles. The molecule has 10 heavy (non-hydrogen) atoms. The first-order valence-corrected chi connectivity index (χ1v) is 4.31. The van der Waals surface area contributed by atoms with Crippen LogP contribution in [0.2, 0.25) is 0 Å². The predicted molar refractivity (Wildman–Crippen MR) is 41.8 cm³/mol. The first-order chi connectivity index (χ1) is 4.86. The molecule has 2 aliphatic rings. The molecule has 2 nitrogen and oxygen atoms in total. The lowest BCUT2D eigenvalue weighted by atomic mass is 9.94. The number of nitrogens with zero attached hydrogens (tertiary/aromatic N) is 1. The Labute approximate surface area is 62.6 Å². The third-order valence-electron chi connectivity index (χ3n) is 2.79. The van der Waals surface area contributed by atoms with Gasteiger partial charge in [-0.3, -0.25) is 4.90 Å². The molecule has 2 aliphatic heterocycles. The molecule has 0 amide bonds. The van der Waals surface area contributed by atoms with Crippen molar-refractivity contribution in [2.45, 2.75) is 25.8 Å². The van der Waals surface area contributed by atoms with Gasteiger partial charge in [0.2, 0.25) is 0 Å². The fourth-order valence-electron chi connectivity index (χ4n) is 2.10. The van der Waals surface area contributed by atoms with Gasteiger partial charge in [-0.2, -0.15) is 0 Å². The second-order valence-electron chi connectivity index (χ2n) is 3.71. The maximum absolute atomic E-state index is 3.41. The lowest BCUT2D eigenvalue weighted by Crippen LogP contribution is -2.38. The molecule has 2 unspecified atom stereocenters. The summed E-state index contributed by atoms with van der Waals surface area (Å²) in [7, 11) is 0. The van der Waals surface area contributed by atoms with E-state index in [1.807, 2.05) is 0 Å². The summed E-state index contributed by atoms with van der Waals surface area (Å²) in [5, 5.41) is 3.41. The first kappa shape index (κ1) is 6.62. The minimum absolute atomic E-state index is 0.865. The molecule has 0 spiro atoms. The summed E-state index contributed by atoms with van der Waals surface area (Å²) < 4.78 is 0. The topological polar surface area (TPSA) is 15.3 Å². The number of hydrogen-bond acceptors (Lipinski definition) is 2. The smallest absolute Gasteiger partial charge is 0.0484 e. The Morgan fingerprint density at radius 2 is 2.40 bits per heavy atom. The van der Waals surface area contributed by atoms with Crippen LogP contribution in [0, 0.1) is 5.92 Å². The Kier molecular flexibility index (Phi) is 1.66. The van der Waals surface area contributed by atoms with E-state index < -0.39 is 0 Å². The summed E-state index contributed by atoms with van der Waals surface area (Å²) in [6.07, 6.45) is 2.81. The van der Waals surface area contributed by atoms with Gasteiger partial charge in [-0.25, -0.2) is 0 Å². The van der Waals surface area contributed by atoms with Gasteiger partial charge in [-0.1, -0.05) is 6.92 Å². The number of piperidine rings is 1. The van der Waals surface area contributed by atoms with Gasteiger partial charge < -0.3 is 5.32 Å². The van der Waals surface area contributed by atoms with Gasteiger partial charge in [0.05, 0.1) is 0 Å². The molecule has 0 radical (unpaired) electrons. The van der Waals surface area contributed by atoms with E-state index in [0.717, 1.165) is 18.6 Å². The molecule has 2 fully saturated rings. The van der Waals surface area contributed by atoms with E-state index in [0.29, 0.717) is 0 Å². The highest BCUT2D eigenvalue weighted by molar-refractivity contribution is 4.85. The Morgan fingerprint density at radius 3 is 3.30 bits per heavy atom. The highest BCUT2D eigenvalue weighted by Gasteiger charge is 2.29. The average Bonchev–Trinajstić information content (AvgIpc) is 2.33. The van der Waals surface area contributed by atoms with Crippen molar-refractivity contribution in [1.29, 1.82) is 0 Å². The Morgan fingerprint density at radius 1 is 1.50 bits per heavy atom. The van der Waals surface area contributed by atoms with Gasteiger partial charge in [-0.15, -0.1) is 0 Å². The van der Waals surface area contributed by atoms with E-state index >= 15 is 0 Å². The van der Waals surface area contributed by atoms with Crippen molar-refractivity contribution < 1.29 is 0 Å². The van der Waals surface area contributed by atoms with E-state index in [1.54, 1.807) is 0 Å². The largest absolute Gasteiger partial charge is 0.303 e. The van der Waals surface area contributed by atoms with Crippen molar-refractivity contribution in [2.75, 3.05) is 19.8 Å². The van der Waals surface area contributed by atoms with Crippen molar-refractivity contribution in [1.82, 2.24) is 10.2 Å². The zero-order chi connectivity index (χ0) is 6.97. The Balaban J connectivity index is 1.96. The summed E-state index contributed by atoms with van der Waals surface area (Å²) in [6.45, 7) is 6.05. The monoisotopic (exact) mass is 140 g/mol. The van der Waals surface area contributed by atoms with Crippen LogP contribution in [0.5, 0.6) is 0 Å². The molecule has 0 aromatic heterocycles. The maximum atomic E-state index is 3.41. The van der Waals surface area contributed by atoms with Crippen LogP contribution in [0.15, 0.2) is 0 Å². The lowest BCUT2D eigenvalue weighted by Gasteiger charge is -2.31. The molecule has 2 saturated heterocycles. The van der Waals surface area contributed by atoms with Gasteiger partial charge in [0.25, 0.3) is 0 Å². The molecule has 2 atom stereocenters.